The highest BCUT2D eigenvalue weighted by atomic mass is 16.6. The summed E-state index contributed by atoms with van der Waals surface area (Å²) in [6.45, 7) is -0.223. The average molecular weight is 354 g/mol. The number of carbonyl (C=O) groups is 3. The highest BCUT2D eigenvalue weighted by Gasteiger charge is 2.47. The first-order valence-electron chi connectivity index (χ1n) is 8.39. The van der Waals surface area contributed by atoms with Crippen LogP contribution in [0.5, 0.6) is 5.75 Å². The average Bonchev–Trinajstić information content (AvgIpc) is 2.91. The summed E-state index contributed by atoms with van der Waals surface area (Å²) in [5.41, 5.74) is 0.527. The molecule has 0 spiro atoms. The third kappa shape index (κ3) is 3.75. The van der Waals surface area contributed by atoms with Gasteiger partial charge in [-0.15, -0.1) is 0 Å². The van der Waals surface area contributed by atoms with E-state index in [1.54, 1.807) is 24.3 Å². The molecule has 1 saturated heterocycles. The Kier molecular flexibility index (Phi) is 5.32. The number of fused-ring (bicyclic) bond motifs is 1. The number of nitriles is 1. The van der Waals surface area contributed by atoms with E-state index in [2.05, 4.69) is 0 Å². The first-order chi connectivity index (χ1) is 12.6. The van der Waals surface area contributed by atoms with Crippen molar-refractivity contribution in [1.82, 2.24) is 4.90 Å². The van der Waals surface area contributed by atoms with E-state index in [-0.39, 0.29) is 43.4 Å². The van der Waals surface area contributed by atoms with Gasteiger partial charge in [-0.3, -0.25) is 19.3 Å². The highest BCUT2D eigenvalue weighted by Crippen LogP contribution is 2.34. The second kappa shape index (κ2) is 7.83. The number of amides is 2. The van der Waals surface area contributed by atoms with Crippen LogP contribution < -0.4 is 4.74 Å². The Balaban J connectivity index is 1.42. The maximum atomic E-state index is 12.3. The molecule has 26 heavy (non-hydrogen) atoms. The third-order valence-electron chi connectivity index (χ3n) is 4.48. The summed E-state index contributed by atoms with van der Waals surface area (Å²) < 4.78 is 10.4. The molecule has 7 nitrogen and oxygen atoms in total. The number of hydrogen-bond donors (Lipinski definition) is 0. The van der Waals surface area contributed by atoms with Gasteiger partial charge in [-0.05, 0) is 37.1 Å². The molecule has 2 amide bonds. The lowest BCUT2D eigenvalue weighted by Gasteiger charge is -2.14. The largest absolute Gasteiger partial charge is 0.490 e. The van der Waals surface area contributed by atoms with Gasteiger partial charge in [0.15, 0.2) is 0 Å². The van der Waals surface area contributed by atoms with Gasteiger partial charge in [-0.1, -0.05) is 12.2 Å². The maximum absolute atomic E-state index is 12.3. The SMILES string of the molecule is N#Cc1ccc(OCCOC(=O)CN2C(=O)C3CC=CCC3C2=O)cc1. The third-order valence-corrected chi connectivity index (χ3v) is 4.48. The van der Waals surface area contributed by atoms with E-state index < -0.39 is 5.97 Å². The Bertz CT molecular complexity index is 752. The smallest absolute Gasteiger partial charge is 0.326 e. The van der Waals surface area contributed by atoms with E-state index in [9.17, 15) is 14.4 Å². The number of benzene rings is 1. The molecule has 2 atom stereocenters. The summed E-state index contributed by atoms with van der Waals surface area (Å²) in [6, 6.07) is 8.56. The van der Waals surface area contributed by atoms with Crippen LogP contribution in [0.1, 0.15) is 18.4 Å². The van der Waals surface area contributed by atoms with Crippen molar-refractivity contribution in [3.63, 3.8) is 0 Å². The lowest BCUT2D eigenvalue weighted by atomic mass is 9.85. The molecule has 0 N–H and O–H groups in total. The van der Waals surface area contributed by atoms with E-state index >= 15 is 0 Å². The number of carbonyl (C=O) groups excluding carboxylic acids is 3. The van der Waals surface area contributed by atoms with Gasteiger partial charge in [0.25, 0.3) is 0 Å². The van der Waals surface area contributed by atoms with E-state index in [4.69, 9.17) is 14.7 Å². The number of rotatable bonds is 6. The van der Waals surface area contributed by atoms with Gasteiger partial charge in [0.1, 0.15) is 25.5 Å². The number of hydrogen-bond acceptors (Lipinski definition) is 6. The Morgan fingerprint density at radius 3 is 2.27 bits per heavy atom. The normalized spacial score (nSPS) is 21.3. The van der Waals surface area contributed by atoms with Crippen LogP contribution in [0.4, 0.5) is 0 Å². The van der Waals surface area contributed by atoms with Crippen molar-refractivity contribution in [2.75, 3.05) is 19.8 Å². The molecule has 2 unspecified atom stereocenters. The van der Waals surface area contributed by atoms with Crippen LogP contribution in [0.15, 0.2) is 36.4 Å². The molecule has 0 saturated carbocycles. The second-order valence-corrected chi connectivity index (χ2v) is 6.12. The number of esters is 1. The summed E-state index contributed by atoms with van der Waals surface area (Å²) >= 11 is 0. The van der Waals surface area contributed by atoms with E-state index in [0.29, 0.717) is 24.2 Å². The van der Waals surface area contributed by atoms with Crippen molar-refractivity contribution in [2.24, 2.45) is 11.8 Å². The number of nitrogens with zero attached hydrogens (tertiary/aromatic N) is 2. The minimum Gasteiger partial charge on any atom is -0.490 e. The molecule has 1 aliphatic carbocycles. The first-order valence-corrected chi connectivity index (χ1v) is 8.39. The summed E-state index contributed by atoms with van der Waals surface area (Å²) in [4.78, 5) is 37.5. The summed E-state index contributed by atoms with van der Waals surface area (Å²) in [6.07, 6.45) is 4.88. The van der Waals surface area contributed by atoms with Gasteiger partial charge >= 0.3 is 5.97 Å². The fourth-order valence-electron chi connectivity index (χ4n) is 3.14. The zero-order valence-corrected chi connectivity index (χ0v) is 14.1. The Hall–Kier alpha value is -3.14. The molecule has 1 fully saturated rings. The van der Waals surface area contributed by atoms with E-state index in [1.165, 1.54) is 0 Å². The van der Waals surface area contributed by atoms with Crippen molar-refractivity contribution in [1.29, 1.82) is 5.26 Å². The minimum absolute atomic E-state index is 0.00344. The zero-order valence-electron chi connectivity index (χ0n) is 14.1. The van der Waals surface area contributed by atoms with Crippen molar-refractivity contribution < 1.29 is 23.9 Å². The lowest BCUT2D eigenvalue weighted by molar-refractivity contribution is -0.153. The molecule has 1 aliphatic heterocycles. The zero-order chi connectivity index (χ0) is 18.5. The monoisotopic (exact) mass is 354 g/mol. The molecule has 7 heteroatoms. The summed E-state index contributed by atoms with van der Waals surface area (Å²) in [5, 5.41) is 8.72. The van der Waals surface area contributed by atoms with Crippen LogP contribution in [0.2, 0.25) is 0 Å². The molecular formula is C19H18N2O5. The fraction of sp³-hybridized carbons (Fsp3) is 0.368. The topological polar surface area (TPSA) is 96.7 Å². The molecule has 134 valence electrons. The van der Waals surface area contributed by atoms with Gasteiger partial charge in [-0.25, -0.2) is 0 Å². The van der Waals surface area contributed by atoms with Crippen LogP contribution >= 0.6 is 0 Å². The molecule has 0 radical (unpaired) electrons. The van der Waals surface area contributed by atoms with Crippen molar-refractivity contribution in [3.8, 4) is 11.8 Å². The lowest BCUT2D eigenvalue weighted by Crippen LogP contribution is -2.37. The van der Waals surface area contributed by atoms with E-state index in [0.717, 1.165) is 4.90 Å². The molecule has 1 heterocycles. The molecule has 1 aromatic rings. The van der Waals surface area contributed by atoms with Gasteiger partial charge in [0, 0.05) is 0 Å². The predicted octanol–water partition coefficient (Wildman–Crippen LogP) is 1.43. The van der Waals surface area contributed by atoms with Gasteiger partial charge in [0.2, 0.25) is 11.8 Å². The van der Waals surface area contributed by atoms with Crippen molar-refractivity contribution >= 4 is 17.8 Å². The van der Waals surface area contributed by atoms with Gasteiger partial charge in [0.05, 0.1) is 23.5 Å². The van der Waals surface area contributed by atoms with Crippen LogP contribution in [-0.4, -0.2) is 42.4 Å². The van der Waals surface area contributed by atoms with Crippen molar-refractivity contribution in [2.45, 2.75) is 12.8 Å². The quantitative estimate of drug-likeness (QED) is 0.332. The second-order valence-electron chi connectivity index (χ2n) is 6.12. The highest BCUT2D eigenvalue weighted by molar-refractivity contribution is 6.07. The number of allylic oxidation sites excluding steroid dienone is 2. The number of ether oxygens (including phenoxy) is 2. The summed E-state index contributed by atoms with van der Waals surface area (Å²) in [5.74, 6) is -1.37. The molecular weight excluding hydrogens is 336 g/mol. The molecule has 2 aliphatic rings. The minimum atomic E-state index is -0.637. The maximum Gasteiger partial charge on any atom is 0.326 e. The first kappa shape index (κ1) is 17.7. The number of imide groups is 1. The number of likely N-dealkylation sites (tertiary alicyclic amines) is 1. The van der Waals surface area contributed by atoms with Gasteiger partial charge in [-0.2, -0.15) is 5.26 Å². The van der Waals surface area contributed by atoms with Crippen molar-refractivity contribution in [3.05, 3.63) is 42.0 Å². The standard InChI is InChI=1S/C19H18N2O5/c20-11-13-5-7-14(8-6-13)25-9-10-26-17(22)12-21-18(23)15-3-1-2-4-16(15)19(21)24/h1-2,5-8,15-16H,3-4,9-10,12H2. The Labute approximate surface area is 150 Å². The van der Waals surface area contributed by atoms with Gasteiger partial charge < -0.3 is 9.47 Å². The van der Waals surface area contributed by atoms with Crippen LogP contribution in [0.3, 0.4) is 0 Å². The molecule has 0 bridgehead atoms. The molecule has 0 aromatic heterocycles. The summed E-state index contributed by atoms with van der Waals surface area (Å²) in [7, 11) is 0. The Morgan fingerprint density at radius 2 is 1.69 bits per heavy atom. The predicted molar refractivity (Wildman–Crippen MR) is 89.7 cm³/mol. The molecule has 1 aromatic carbocycles. The van der Waals surface area contributed by atoms with Crippen LogP contribution in [-0.2, 0) is 19.1 Å². The molecule has 3 rings (SSSR count). The van der Waals surface area contributed by atoms with E-state index in [1.807, 2.05) is 18.2 Å². The van der Waals surface area contributed by atoms with Crippen LogP contribution in [0, 0.1) is 23.2 Å². The fourth-order valence-corrected chi connectivity index (χ4v) is 3.14. The van der Waals surface area contributed by atoms with Crippen LogP contribution in [0.25, 0.3) is 0 Å². The Morgan fingerprint density at radius 1 is 1.08 bits per heavy atom.